The topological polar surface area (TPSA) is 33.6 Å². The van der Waals surface area contributed by atoms with Crippen LogP contribution < -0.4 is 0 Å². The van der Waals surface area contributed by atoms with E-state index in [1.165, 1.54) is 43.7 Å². The van der Waals surface area contributed by atoms with Gasteiger partial charge in [-0.1, -0.05) is 109 Å². The maximum absolute atomic E-state index is 9.88. The highest BCUT2D eigenvalue weighted by Crippen LogP contribution is 2.44. The summed E-state index contributed by atoms with van der Waals surface area (Å²) >= 11 is 0. The van der Waals surface area contributed by atoms with Gasteiger partial charge in [0.15, 0.2) is 0 Å². The molecule has 0 aliphatic rings. The van der Waals surface area contributed by atoms with E-state index in [0.717, 1.165) is 44.0 Å². The van der Waals surface area contributed by atoms with Gasteiger partial charge in [0.25, 0.3) is 0 Å². The minimum atomic E-state index is 0.704. The van der Waals surface area contributed by atoms with Crippen LogP contribution in [-0.2, 0) is 0 Å². The minimum Gasteiger partial charge on any atom is -0.309 e. The third kappa shape index (κ3) is 3.69. The third-order valence-corrected chi connectivity index (χ3v) is 9.92. The molecule has 0 radical (unpaired) electrons. The van der Waals surface area contributed by atoms with Crippen LogP contribution in [0.15, 0.2) is 164 Å². The molecular weight excluding hydrogens is 583 g/mol. The quantitative estimate of drug-likeness (QED) is 0.183. The normalized spacial score (nSPS) is 11.7. The molecule has 0 unspecified atom stereocenters. The molecule has 222 valence electrons. The summed E-state index contributed by atoms with van der Waals surface area (Å²) in [6, 6.07) is 60.8. The second kappa shape index (κ2) is 10.2. The zero-order valence-corrected chi connectivity index (χ0v) is 25.9. The minimum absolute atomic E-state index is 0.704. The highest BCUT2D eigenvalue weighted by atomic mass is 15.0. The van der Waals surface area contributed by atoms with Crippen LogP contribution in [0.25, 0.3) is 87.7 Å². The van der Waals surface area contributed by atoms with Crippen molar-refractivity contribution in [3.63, 3.8) is 0 Å². The zero-order chi connectivity index (χ0) is 31.8. The monoisotopic (exact) mass is 609 g/mol. The fraction of sp³-hybridized carbons (Fsp3) is 0. The third-order valence-electron chi connectivity index (χ3n) is 9.92. The van der Waals surface area contributed by atoms with Gasteiger partial charge in [-0.3, -0.25) is 0 Å². The molecule has 0 fully saturated rings. The van der Waals surface area contributed by atoms with Crippen LogP contribution in [0.1, 0.15) is 5.56 Å². The Labute approximate surface area is 276 Å². The van der Waals surface area contributed by atoms with Crippen LogP contribution in [0, 0.1) is 11.3 Å². The van der Waals surface area contributed by atoms with Crippen molar-refractivity contribution in [2.45, 2.75) is 0 Å². The van der Waals surface area contributed by atoms with Gasteiger partial charge in [-0.2, -0.15) is 5.26 Å². The van der Waals surface area contributed by atoms with Crippen molar-refractivity contribution in [3.8, 4) is 28.6 Å². The number of nitrogens with zero attached hydrogens (tertiary/aromatic N) is 3. The number of hydrogen-bond donors (Lipinski definition) is 0. The van der Waals surface area contributed by atoms with E-state index in [-0.39, 0.29) is 0 Å². The highest BCUT2D eigenvalue weighted by molar-refractivity contribution is 6.22. The summed E-state index contributed by atoms with van der Waals surface area (Å²) in [6.45, 7) is 0. The van der Waals surface area contributed by atoms with Crippen LogP contribution in [0.2, 0.25) is 0 Å². The number of para-hydroxylation sites is 3. The predicted octanol–water partition coefficient (Wildman–Crippen LogP) is 11.7. The van der Waals surface area contributed by atoms with E-state index in [4.69, 9.17) is 0 Å². The Kier molecular flexibility index (Phi) is 5.64. The van der Waals surface area contributed by atoms with Crippen molar-refractivity contribution in [3.05, 3.63) is 169 Å². The predicted molar refractivity (Wildman–Crippen MR) is 200 cm³/mol. The molecule has 0 N–H and O–H groups in total. The molecule has 10 aromatic rings. The number of rotatable bonds is 3. The van der Waals surface area contributed by atoms with E-state index >= 15 is 0 Å². The Bertz CT molecular complexity index is 2950. The maximum Gasteiger partial charge on any atom is 0.0998 e. The van der Waals surface area contributed by atoms with Crippen LogP contribution in [0.4, 0.5) is 0 Å². The Balaban J connectivity index is 1.29. The van der Waals surface area contributed by atoms with Crippen LogP contribution in [0.5, 0.6) is 0 Å². The van der Waals surface area contributed by atoms with Crippen molar-refractivity contribution in [1.29, 1.82) is 5.26 Å². The van der Waals surface area contributed by atoms with E-state index in [1.807, 2.05) is 18.2 Å². The Morgan fingerprint density at radius 1 is 0.375 bits per heavy atom. The Morgan fingerprint density at radius 3 is 1.52 bits per heavy atom. The second-order valence-electron chi connectivity index (χ2n) is 12.4. The molecule has 0 saturated heterocycles. The highest BCUT2D eigenvalue weighted by Gasteiger charge is 2.20. The zero-order valence-electron chi connectivity index (χ0n) is 25.9. The molecule has 3 heteroatoms. The molecular formula is C45H27N3. The average Bonchev–Trinajstić information content (AvgIpc) is 3.68. The van der Waals surface area contributed by atoms with Gasteiger partial charge in [0, 0.05) is 38.3 Å². The first-order valence-electron chi connectivity index (χ1n) is 16.3. The van der Waals surface area contributed by atoms with Crippen molar-refractivity contribution in [2.24, 2.45) is 0 Å². The van der Waals surface area contributed by atoms with E-state index in [0.29, 0.717) is 5.56 Å². The lowest BCUT2D eigenvalue weighted by molar-refractivity contribution is 1.18. The number of hydrogen-bond acceptors (Lipinski definition) is 1. The lowest BCUT2D eigenvalue weighted by Crippen LogP contribution is -1.94. The van der Waals surface area contributed by atoms with Crippen molar-refractivity contribution in [1.82, 2.24) is 9.13 Å². The first kappa shape index (κ1) is 26.6. The number of fused-ring (bicyclic) bond motifs is 9. The summed E-state index contributed by atoms with van der Waals surface area (Å²) < 4.78 is 4.78. The van der Waals surface area contributed by atoms with E-state index in [1.54, 1.807) is 0 Å². The molecule has 8 aromatic carbocycles. The number of nitriles is 1. The molecule has 3 nitrogen and oxygen atoms in total. The Hall–Kier alpha value is -6.63. The fourth-order valence-corrected chi connectivity index (χ4v) is 7.94. The van der Waals surface area contributed by atoms with Gasteiger partial charge in [-0.15, -0.1) is 0 Å². The van der Waals surface area contributed by atoms with Gasteiger partial charge in [-0.25, -0.2) is 0 Å². The Morgan fingerprint density at radius 2 is 0.896 bits per heavy atom. The van der Waals surface area contributed by atoms with Crippen molar-refractivity contribution < 1.29 is 0 Å². The lowest BCUT2D eigenvalue weighted by atomic mass is 9.95. The molecule has 0 aliphatic carbocycles. The molecule has 10 rings (SSSR count). The molecule has 0 bridgehead atoms. The summed E-state index contributed by atoms with van der Waals surface area (Å²) in [5.41, 5.74) is 10.1. The van der Waals surface area contributed by atoms with E-state index in [9.17, 15) is 5.26 Å². The van der Waals surface area contributed by atoms with Crippen LogP contribution >= 0.6 is 0 Å². The maximum atomic E-state index is 9.88. The number of benzene rings is 8. The summed E-state index contributed by atoms with van der Waals surface area (Å²) in [5, 5.41) is 19.1. The van der Waals surface area contributed by atoms with E-state index in [2.05, 4.69) is 161 Å². The number of aromatic nitrogens is 2. The van der Waals surface area contributed by atoms with E-state index < -0.39 is 0 Å². The summed E-state index contributed by atoms with van der Waals surface area (Å²) in [4.78, 5) is 0. The van der Waals surface area contributed by atoms with Crippen LogP contribution in [-0.4, -0.2) is 9.13 Å². The fourth-order valence-electron chi connectivity index (χ4n) is 7.94. The van der Waals surface area contributed by atoms with Crippen LogP contribution in [0.3, 0.4) is 0 Å². The molecule has 0 atom stereocenters. The van der Waals surface area contributed by atoms with Crippen molar-refractivity contribution in [2.75, 3.05) is 0 Å². The summed E-state index contributed by atoms with van der Waals surface area (Å²) in [5.74, 6) is 0. The van der Waals surface area contributed by atoms with Gasteiger partial charge in [-0.05, 0) is 81.9 Å². The molecule has 48 heavy (non-hydrogen) atoms. The first-order valence-corrected chi connectivity index (χ1v) is 16.3. The average molecular weight is 610 g/mol. The van der Waals surface area contributed by atoms with Gasteiger partial charge >= 0.3 is 0 Å². The first-order chi connectivity index (χ1) is 23.8. The van der Waals surface area contributed by atoms with Gasteiger partial charge in [0.2, 0.25) is 0 Å². The van der Waals surface area contributed by atoms with Gasteiger partial charge in [0.05, 0.1) is 33.7 Å². The standard InChI is InChI=1S/C45H27N3/c46-28-30-26-29-24-25-32(27-39(29)34-15-5-4-14-33(30)34)48-41-21-9-7-17-38(41)45-36(19-11-23-43(45)48)35-18-10-22-42-44(35)37-16-6-8-20-40(37)47(42)31-12-2-1-3-13-31/h1-27H. The lowest BCUT2D eigenvalue weighted by Gasteiger charge is -2.12. The molecule has 0 saturated carbocycles. The SMILES string of the molecule is N#Cc1cc2ccc(-n3c4ccccc4c4c(-c5cccc6c5c5ccccc5n6-c5ccccc5)cccc43)cc2c2ccccc12. The second-order valence-corrected chi connectivity index (χ2v) is 12.4. The smallest absolute Gasteiger partial charge is 0.0998 e. The van der Waals surface area contributed by atoms with Gasteiger partial charge < -0.3 is 9.13 Å². The molecule has 0 amide bonds. The summed E-state index contributed by atoms with van der Waals surface area (Å²) in [7, 11) is 0. The molecule has 0 spiro atoms. The molecule has 2 heterocycles. The molecule has 2 aromatic heterocycles. The molecule has 0 aliphatic heterocycles. The largest absolute Gasteiger partial charge is 0.309 e. The summed E-state index contributed by atoms with van der Waals surface area (Å²) in [6.07, 6.45) is 0. The van der Waals surface area contributed by atoms with Crippen molar-refractivity contribution >= 4 is 65.2 Å². The van der Waals surface area contributed by atoms with Gasteiger partial charge in [0.1, 0.15) is 0 Å².